The van der Waals surface area contributed by atoms with E-state index in [1.54, 1.807) is 6.07 Å². The number of fused-ring (bicyclic) bond motifs is 1. The number of hydrogen-bond donors (Lipinski definition) is 2. The summed E-state index contributed by atoms with van der Waals surface area (Å²) < 4.78 is 4.75. The van der Waals surface area contributed by atoms with Gasteiger partial charge in [-0.25, -0.2) is 4.79 Å². The lowest BCUT2D eigenvalue weighted by Gasteiger charge is -2.21. The molecule has 1 saturated heterocycles. The van der Waals surface area contributed by atoms with Crippen LogP contribution in [0.5, 0.6) is 0 Å². The molecule has 0 unspecified atom stereocenters. The molecule has 19 heavy (non-hydrogen) atoms. The van der Waals surface area contributed by atoms with Crippen molar-refractivity contribution in [3.8, 4) is 0 Å². The fourth-order valence-electron chi connectivity index (χ4n) is 2.75. The molecule has 4 heteroatoms. The minimum absolute atomic E-state index is 0.286. The Labute approximate surface area is 112 Å². The van der Waals surface area contributed by atoms with Crippen LogP contribution in [0.1, 0.15) is 34.8 Å². The Morgan fingerprint density at radius 1 is 1.26 bits per heavy atom. The molecule has 1 aliphatic rings. The minimum atomic E-state index is -0.286. The third kappa shape index (κ3) is 2.36. The van der Waals surface area contributed by atoms with Crippen LogP contribution in [0.25, 0.3) is 10.9 Å². The molecule has 0 saturated carbocycles. The molecule has 4 nitrogen and oxygen atoms in total. The van der Waals surface area contributed by atoms with Crippen LogP contribution in [0.2, 0.25) is 0 Å². The van der Waals surface area contributed by atoms with Gasteiger partial charge in [0.05, 0.1) is 12.7 Å². The third-order valence-electron chi connectivity index (χ3n) is 3.84. The summed E-state index contributed by atoms with van der Waals surface area (Å²) in [6.07, 6.45) is 2.33. The van der Waals surface area contributed by atoms with Crippen LogP contribution in [0.15, 0.2) is 24.3 Å². The van der Waals surface area contributed by atoms with E-state index in [0.29, 0.717) is 11.5 Å². The smallest absolute Gasteiger partial charge is 0.337 e. The highest BCUT2D eigenvalue weighted by Crippen LogP contribution is 2.28. The summed E-state index contributed by atoms with van der Waals surface area (Å²) in [7, 11) is 1.41. The predicted octanol–water partition coefficient (Wildman–Crippen LogP) is 2.42. The van der Waals surface area contributed by atoms with Gasteiger partial charge in [0.25, 0.3) is 0 Å². The van der Waals surface area contributed by atoms with Gasteiger partial charge in [-0.15, -0.1) is 0 Å². The highest BCUT2D eigenvalue weighted by Gasteiger charge is 2.17. The van der Waals surface area contributed by atoms with Crippen molar-refractivity contribution < 1.29 is 9.53 Å². The maximum atomic E-state index is 11.5. The number of aromatic nitrogens is 1. The molecule has 3 rings (SSSR count). The molecule has 2 N–H and O–H groups in total. The second kappa shape index (κ2) is 5.05. The summed E-state index contributed by atoms with van der Waals surface area (Å²) >= 11 is 0. The first-order chi connectivity index (χ1) is 9.28. The number of H-pyrrole nitrogens is 1. The first-order valence-corrected chi connectivity index (χ1v) is 6.69. The standard InChI is InChI=1S/C15H18N2O2/c1-19-15(18)11-2-3-13-12(8-11)9-14(17-13)10-4-6-16-7-5-10/h2-3,8-10,16-17H,4-7H2,1H3. The van der Waals surface area contributed by atoms with E-state index in [0.717, 1.165) is 36.8 Å². The van der Waals surface area contributed by atoms with Crippen LogP contribution in [-0.4, -0.2) is 31.2 Å². The van der Waals surface area contributed by atoms with Crippen molar-refractivity contribution in [1.29, 1.82) is 0 Å². The molecule has 0 bridgehead atoms. The fraction of sp³-hybridized carbons (Fsp3) is 0.400. The number of esters is 1. The van der Waals surface area contributed by atoms with Crippen LogP contribution in [0.3, 0.4) is 0 Å². The summed E-state index contributed by atoms with van der Waals surface area (Å²) in [5.41, 5.74) is 2.96. The quantitative estimate of drug-likeness (QED) is 0.813. The Morgan fingerprint density at radius 2 is 2.05 bits per heavy atom. The number of hydrogen-bond acceptors (Lipinski definition) is 3. The van der Waals surface area contributed by atoms with Crippen molar-refractivity contribution in [1.82, 2.24) is 10.3 Å². The average molecular weight is 258 g/mol. The summed E-state index contributed by atoms with van der Waals surface area (Å²) in [5, 5.41) is 4.45. The van der Waals surface area contributed by atoms with Gasteiger partial charge in [0.1, 0.15) is 0 Å². The summed E-state index contributed by atoms with van der Waals surface area (Å²) in [6, 6.07) is 7.81. The van der Waals surface area contributed by atoms with Crippen LogP contribution in [0, 0.1) is 0 Å². The number of carbonyl (C=O) groups is 1. The molecule has 0 amide bonds. The number of ether oxygens (including phenoxy) is 1. The number of nitrogens with one attached hydrogen (secondary N) is 2. The fourth-order valence-corrected chi connectivity index (χ4v) is 2.75. The number of benzene rings is 1. The van der Waals surface area contributed by atoms with E-state index in [1.807, 2.05) is 12.1 Å². The lowest BCUT2D eigenvalue weighted by Crippen LogP contribution is -2.26. The Balaban J connectivity index is 1.93. The number of methoxy groups -OCH3 is 1. The summed E-state index contributed by atoms with van der Waals surface area (Å²) in [5.74, 6) is 0.307. The lowest BCUT2D eigenvalue weighted by atomic mass is 9.95. The first kappa shape index (κ1) is 12.2. The van der Waals surface area contributed by atoms with E-state index in [-0.39, 0.29) is 5.97 Å². The second-order valence-electron chi connectivity index (χ2n) is 5.04. The van der Waals surface area contributed by atoms with Gasteiger partial charge < -0.3 is 15.0 Å². The Hall–Kier alpha value is -1.81. The second-order valence-corrected chi connectivity index (χ2v) is 5.04. The summed E-state index contributed by atoms with van der Waals surface area (Å²) in [4.78, 5) is 15.0. The topological polar surface area (TPSA) is 54.1 Å². The number of piperidine rings is 1. The van der Waals surface area contributed by atoms with Crippen LogP contribution >= 0.6 is 0 Å². The number of carbonyl (C=O) groups excluding carboxylic acids is 1. The monoisotopic (exact) mass is 258 g/mol. The van der Waals surface area contributed by atoms with Gasteiger partial charge in [0, 0.05) is 22.5 Å². The molecule has 1 fully saturated rings. The highest BCUT2D eigenvalue weighted by molar-refractivity contribution is 5.94. The van der Waals surface area contributed by atoms with Crippen LogP contribution in [-0.2, 0) is 4.74 Å². The van der Waals surface area contributed by atoms with Gasteiger partial charge in [0.15, 0.2) is 0 Å². The molecule has 1 aromatic heterocycles. The van der Waals surface area contributed by atoms with Crippen LogP contribution in [0.4, 0.5) is 0 Å². The van der Waals surface area contributed by atoms with Gasteiger partial charge in [-0.05, 0) is 50.2 Å². The van der Waals surface area contributed by atoms with Gasteiger partial charge in [-0.3, -0.25) is 0 Å². The van der Waals surface area contributed by atoms with E-state index in [9.17, 15) is 4.79 Å². The number of rotatable bonds is 2. The Kier molecular flexibility index (Phi) is 3.25. The number of aromatic amines is 1. The first-order valence-electron chi connectivity index (χ1n) is 6.69. The molecule has 0 radical (unpaired) electrons. The zero-order chi connectivity index (χ0) is 13.2. The SMILES string of the molecule is COC(=O)c1ccc2[nH]c(C3CCNCC3)cc2c1. The molecule has 2 heterocycles. The zero-order valence-corrected chi connectivity index (χ0v) is 11.0. The van der Waals surface area contributed by atoms with Crippen LogP contribution < -0.4 is 5.32 Å². The lowest BCUT2D eigenvalue weighted by molar-refractivity contribution is 0.0601. The maximum absolute atomic E-state index is 11.5. The van der Waals surface area contributed by atoms with Crippen molar-refractivity contribution in [2.45, 2.75) is 18.8 Å². The molecule has 100 valence electrons. The van der Waals surface area contributed by atoms with Gasteiger partial charge in [0.2, 0.25) is 0 Å². The molecule has 0 atom stereocenters. The van der Waals surface area contributed by atoms with Gasteiger partial charge in [-0.2, -0.15) is 0 Å². The van der Waals surface area contributed by atoms with Crippen molar-refractivity contribution in [2.75, 3.05) is 20.2 Å². The van der Waals surface area contributed by atoms with Gasteiger partial charge in [-0.1, -0.05) is 0 Å². The minimum Gasteiger partial charge on any atom is -0.465 e. The third-order valence-corrected chi connectivity index (χ3v) is 3.84. The molecule has 0 spiro atoms. The highest BCUT2D eigenvalue weighted by atomic mass is 16.5. The average Bonchev–Trinajstić information content (AvgIpc) is 2.90. The Bertz CT molecular complexity index is 597. The predicted molar refractivity (Wildman–Crippen MR) is 74.5 cm³/mol. The molecular weight excluding hydrogens is 240 g/mol. The molecule has 2 aromatic rings. The van der Waals surface area contributed by atoms with Crippen molar-refractivity contribution in [3.63, 3.8) is 0 Å². The van der Waals surface area contributed by atoms with E-state index in [4.69, 9.17) is 4.74 Å². The molecule has 1 aromatic carbocycles. The summed E-state index contributed by atoms with van der Waals surface area (Å²) in [6.45, 7) is 2.15. The largest absolute Gasteiger partial charge is 0.465 e. The van der Waals surface area contributed by atoms with E-state index in [1.165, 1.54) is 12.8 Å². The van der Waals surface area contributed by atoms with E-state index < -0.39 is 0 Å². The van der Waals surface area contributed by atoms with Crippen molar-refractivity contribution in [3.05, 3.63) is 35.5 Å². The van der Waals surface area contributed by atoms with Crippen molar-refractivity contribution >= 4 is 16.9 Å². The van der Waals surface area contributed by atoms with E-state index >= 15 is 0 Å². The molecular formula is C15H18N2O2. The zero-order valence-electron chi connectivity index (χ0n) is 11.0. The Morgan fingerprint density at radius 3 is 2.79 bits per heavy atom. The normalized spacial score (nSPS) is 16.7. The molecule has 1 aliphatic heterocycles. The maximum Gasteiger partial charge on any atom is 0.337 e. The van der Waals surface area contributed by atoms with Crippen molar-refractivity contribution in [2.24, 2.45) is 0 Å². The molecule has 0 aliphatic carbocycles. The van der Waals surface area contributed by atoms with E-state index in [2.05, 4.69) is 16.4 Å². The van der Waals surface area contributed by atoms with Gasteiger partial charge >= 0.3 is 5.97 Å².